The van der Waals surface area contributed by atoms with Crippen LogP contribution in [0.2, 0.25) is 0 Å². The number of hydrogen-bond acceptors (Lipinski definition) is 13. The Labute approximate surface area is 338 Å². The minimum atomic E-state index is -2.62. The van der Waals surface area contributed by atoms with Gasteiger partial charge in [-0.2, -0.15) is 0 Å². The lowest BCUT2D eigenvalue weighted by atomic mass is 9.72. The van der Waals surface area contributed by atoms with E-state index in [0.717, 1.165) is 22.4 Å². The molecular weight excluding hydrogens is 758 g/mol. The number of esters is 1. The summed E-state index contributed by atoms with van der Waals surface area (Å²) < 4.78 is 48.4. The predicted octanol–water partition coefficient (Wildman–Crippen LogP) is 5.78. The second kappa shape index (κ2) is 17.7. The Kier molecular flexibility index (Phi) is 13.8. The normalized spacial score (nSPS) is 38.4. The highest BCUT2D eigenvalue weighted by Crippen LogP contribution is 2.42. The fraction of sp³-hybridized carbons (Fsp3) is 0.643. The molecule has 2 aromatic rings. The van der Waals surface area contributed by atoms with Gasteiger partial charge in [0.25, 0.3) is 0 Å². The molecule has 0 saturated carbocycles. The Balaban J connectivity index is 1.57. The number of aromatic nitrogens is 1. The van der Waals surface area contributed by atoms with Gasteiger partial charge in [0.15, 0.2) is 29.1 Å². The quantitative estimate of drug-likeness (QED) is 0.232. The zero-order valence-corrected chi connectivity index (χ0v) is 35.3. The van der Waals surface area contributed by atoms with Crippen LogP contribution in [0.4, 0.5) is 9.18 Å². The number of fused-ring (bicyclic) bond motifs is 1. The summed E-state index contributed by atoms with van der Waals surface area (Å²) in [6, 6.07) is 8.10. The summed E-state index contributed by atoms with van der Waals surface area (Å²) in [7, 11) is 3.65. The summed E-state index contributed by atoms with van der Waals surface area (Å²) in [5, 5.41) is 14.2. The van der Waals surface area contributed by atoms with Crippen molar-refractivity contribution in [2.45, 2.75) is 134 Å². The standard InChI is InChI=1S/C42H58FN3O10S/c1-11-31-42(8)34(45-39(51)56-42)26(5)35(49)40(6,43)22-41(7,52-20-14-15-27-17-18-30(57-27)28-16-12-13-19-44-28)36(24(3)32(47)25(4)37(50)54-31)55-38-33(48)29(46(9)10)21-23(2)53-38/h12-19,23-26,29,31,33-34,36,38,48H,11,20-22H2,1-10H3,(H,45,51)/b15-14+/t23-,24+,25-,26-,29+,31-,33-,34+,36-,38+,40+,41-,42-/m1/s1. The SMILES string of the molecule is CC[C@H]1OC(=O)[C@H](C)C(=O)[C@H](C)[C@@H](O[C@@H]2O[C@H](C)C[C@H](N(C)C)[C@H]2O)[C@](C)(OC/C=C/c2ccc(-c3ccccn3)s2)C[C@](C)(F)C(=O)[C@H](C)[C@@H]2NC(=O)O[C@]12C. The summed E-state index contributed by atoms with van der Waals surface area (Å²) in [6.07, 6.45) is -0.741. The molecule has 0 bridgehead atoms. The number of rotatable bonds is 9. The molecule has 5 rings (SSSR count). The average molecular weight is 816 g/mol. The Morgan fingerprint density at radius 2 is 1.79 bits per heavy atom. The third kappa shape index (κ3) is 9.49. The first-order valence-corrected chi connectivity index (χ1v) is 20.5. The number of Topliss-reactive ketones (excluding diaryl/α,β-unsaturated/α-hetero) is 2. The Bertz CT molecular complexity index is 1790. The van der Waals surface area contributed by atoms with Crippen LogP contribution in [0.15, 0.2) is 42.6 Å². The number of nitrogens with one attached hydrogen (secondary N) is 1. The van der Waals surface area contributed by atoms with Gasteiger partial charge in [-0.1, -0.05) is 32.9 Å². The van der Waals surface area contributed by atoms with Gasteiger partial charge >= 0.3 is 12.1 Å². The van der Waals surface area contributed by atoms with Crippen LogP contribution >= 0.6 is 11.3 Å². The summed E-state index contributed by atoms with van der Waals surface area (Å²) in [6.45, 7) is 12.2. The van der Waals surface area contributed by atoms with Gasteiger partial charge in [0.1, 0.15) is 18.1 Å². The maximum absolute atomic E-state index is 17.5. The summed E-state index contributed by atoms with van der Waals surface area (Å²) in [4.78, 5) is 63.5. The molecule has 2 N–H and O–H groups in total. The van der Waals surface area contributed by atoms with Gasteiger partial charge in [0.05, 0.1) is 41.0 Å². The Morgan fingerprint density at radius 1 is 1.07 bits per heavy atom. The molecule has 3 fully saturated rings. The van der Waals surface area contributed by atoms with Gasteiger partial charge in [0.2, 0.25) is 0 Å². The molecule has 314 valence electrons. The molecule has 57 heavy (non-hydrogen) atoms. The van der Waals surface area contributed by atoms with Crippen LogP contribution in [0.25, 0.3) is 16.6 Å². The topological polar surface area (TPSA) is 163 Å². The Morgan fingerprint density at radius 3 is 2.44 bits per heavy atom. The van der Waals surface area contributed by atoms with Crippen molar-refractivity contribution in [3.63, 3.8) is 0 Å². The lowest BCUT2D eigenvalue weighted by molar-refractivity contribution is -0.297. The molecule has 0 aliphatic carbocycles. The number of ketones is 2. The van der Waals surface area contributed by atoms with Crippen LogP contribution in [0.3, 0.4) is 0 Å². The lowest BCUT2D eigenvalue weighted by Crippen LogP contribution is -2.62. The molecule has 3 aliphatic heterocycles. The van der Waals surface area contributed by atoms with Crippen molar-refractivity contribution < 1.29 is 52.4 Å². The number of likely N-dealkylation sites (N-methyl/N-ethyl adjacent to an activating group) is 1. The summed E-state index contributed by atoms with van der Waals surface area (Å²) >= 11 is 1.52. The molecular formula is C42H58FN3O10S. The van der Waals surface area contributed by atoms with Gasteiger partial charge in [-0.25, -0.2) is 9.18 Å². The van der Waals surface area contributed by atoms with E-state index in [1.807, 2.05) is 62.3 Å². The van der Waals surface area contributed by atoms with E-state index in [0.29, 0.717) is 6.42 Å². The van der Waals surface area contributed by atoms with E-state index in [2.05, 4.69) is 10.3 Å². The van der Waals surface area contributed by atoms with E-state index in [1.54, 1.807) is 33.0 Å². The van der Waals surface area contributed by atoms with E-state index in [1.165, 1.54) is 32.1 Å². The number of nitrogens with zero attached hydrogens (tertiary/aromatic N) is 2. The number of amides is 1. The molecule has 1 amide bonds. The van der Waals surface area contributed by atoms with E-state index in [9.17, 15) is 24.3 Å². The molecule has 0 radical (unpaired) electrons. The number of alkyl carbamates (subject to hydrolysis) is 1. The van der Waals surface area contributed by atoms with Crippen molar-refractivity contribution in [3.8, 4) is 10.6 Å². The molecule has 15 heteroatoms. The highest BCUT2D eigenvalue weighted by molar-refractivity contribution is 7.16. The van der Waals surface area contributed by atoms with E-state index >= 15 is 4.39 Å². The van der Waals surface area contributed by atoms with Gasteiger partial charge < -0.3 is 39.0 Å². The molecule has 13 atom stereocenters. The molecule has 3 aliphatic rings. The van der Waals surface area contributed by atoms with Crippen molar-refractivity contribution in [2.24, 2.45) is 17.8 Å². The van der Waals surface area contributed by atoms with Crippen molar-refractivity contribution in [1.29, 1.82) is 0 Å². The highest BCUT2D eigenvalue weighted by atomic mass is 32.1. The van der Waals surface area contributed by atoms with Crippen molar-refractivity contribution in [1.82, 2.24) is 15.2 Å². The number of ether oxygens (including phenoxy) is 5. The van der Waals surface area contributed by atoms with Crippen molar-refractivity contribution in [3.05, 3.63) is 47.5 Å². The number of cyclic esters (lactones) is 1. The van der Waals surface area contributed by atoms with Gasteiger partial charge in [-0.05, 0) is 91.9 Å². The molecule has 5 heterocycles. The second-order valence-electron chi connectivity index (χ2n) is 16.5. The van der Waals surface area contributed by atoms with Gasteiger partial charge in [-0.15, -0.1) is 11.3 Å². The molecule has 0 spiro atoms. The van der Waals surface area contributed by atoms with E-state index in [-0.39, 0.29) is 25.2 Å². The number of hydrogen-bond donors (Lipinski definition) is 2. The number of carbonyl (C=O) groups is 4. The zero-order chi connectivity index (χ0) is 42.0. The number of halogens is 1. The van der Waals surface area contributed by atoms with Crippen LogP contribution in [0.1, 0.15) is 79.5 Å². The zero-order valence-electron chi connectivity index (χ0n) is 34.5. The molecule has 0 aromatic carbocycles. The number of alkyl halides is 1. The number of aliphatic hydroxyl groups excluding tert-OH is 1. The maximum atomic E-state index is 17.5. The minimum Gasteiger partial charge on any atom is -0.458 e. The predicted molar refractivity (Wildman–Crippen MR) is 212 cm³/mol. The van der Waals surface area contributed by atoms with Crippen molar-refractivity contribution >= 4 is 41.0 Å². The van der Waals surface area contributed by atoms with E-state index < -0.39 is 95.3 Å². The number of thiophene rings is 1. The number of aliphatic hydroxyl groups is 1. The van der Waals surface area contributed by atoms with Crippen LogP contribution < -0.4 is 5.32 Å². The largest absolute Gasteiger partial charge is 0.458 e. The van der Waals surface area contributed by atoms with Crippen LogP contribution in [0.5, 0.6) is 0 Å². The Hall–Kier alpha value is -3.60. The smallest absolute Gasteiger partial charge is 0.408 e. The third-order valence-electron chi connectivity index (χ3n) is 11.8. The first-order chi connectivity index (χ1) is 26.7. The first-order valence-electron chi connectivity index (χ1n) is 19.7. The van der Waals surface area contributed by atoms with Crippen molar-refractivity contribution in [2.75, 3.05) is 20.7 Å². The van der Waals surface area contributed by atoms with Gasteiger partial charge in [-0.3, -0.25) is 19.4 Å². The molecule has 13 nitrogen and oxygen atoms in total. The monoisotopic (exact) mass is 815 g/mol. The summed E-state index contributed by atoms with van der Waals surface area (Å²) in [5.41, 5.74) is -5.12. The highest BCUT2D eigenvalue weighted by Gasteiger charge is 2.59. The molecule has 2 aromatic heterocycles. The van der Waals surface area contributed by atoms with Crippen LogP contribution in [0, 0.1) is 17.8 Å². The summed E-state index contributed by atoms with van der Waals surface area (Å²) in [5.74, 6) is -6.01. The molecule has 0 unspecified atom stereocenters. The number of carbonyl (C=O) groups excluding carboxylic acids is 4. The average Bonchev–Trinajstić information content (AvgIpc) is 3.77. The fourth-order valence-corrected chi connectivity index (χ4v) is 9.56. The molecule has 3 saturated heterocycles. The number of pyridine rings is 1. The first kappa shape index (κ1) is 44.5. The minimum absolute atomic E-state index is 0.0981. The fourth-order valence-electron chi connectivity index (χ4n) is 8.65. The van der Waals surface area contributed by atoms with Crippen LogP contribution in [-0.2, 0) is 38.1 Å². The maximum Gasteiger partial charge on any atom is 0.408 e. The third-order valence-corrected chi connectivity index (χ3v) is 12.8. The van der Waals surface area contributed by atoms with E-state index in [4.69, 9.17) is 23.7 Å². The van der Waals surface area contributed by atoms with Gasteiger partial charge in [0, 0.05) is 35.4 Å². The van der Waals surface area contributed by atoms with Crippen LogP contribution in [-0.4, -0.2) is 119 Å². The lowest BCUT2D eigenvalue weighted by Gasteiger charge is -2.48. The second-order valence-corrected chi connectivity index (χ2v) is 17.7.